The first kappa shape index (κ1) is 15.6. The van der Waals surface area contributed by atoms with Gasteiger partial charge in [0, 0.05) is 37.4 Å². The Hall–Kier alpha value is -1.81. The first-order chi connectivity index (χ1) is 10.0. The lowest BCUT2D eigenvalue weighted by atomic mass is 10.0. The van der Waals surface area contributed by atoms with Gasteiger partial charge in [-0.3, -0.25) is 4.90 Å². The van der Waals surface area contributed by atoms with Crippen LogP contribution in [-0.4, -0.2) is 48.7 Å². The molecule has 1 atom stereocenters. The fourth-order valence-electron chi connectivity index (χ4n) is 2.86. The van der Waals surface area contributed by atoms with Crippen molar-refractivity contribution in [3.8, 4) is 0 Å². The van der Waals surface area contributed by atoms with Gasteiger partial charge in [-0.2, -0.15) is 0 Å². The van der Waals surface area contributed by atoms with E-state index in [2.05, 4.69) is 35.9 Å². The molecule has 0 bridgehead atoms. The summed E-state index contributed by atoms with van der Waals surface area (Å²) in [5.41, 5.74) is 3.26. The van der Waals surface area contributed by atoms with Crippen LogP contribution in [0.15, 0.2) is 24.3 Å². The smallest absolute Gasteiger partial charge is 0.328 e. The molecular weight excluding hydrogens is 264 g/mol. The molecule has 1 fully saturated rings. The number of anilines is 1. The molecule has 0 saturated carbocycles. The Morgan fingerprint density at radius 2 is 2.19 bits per heavy atom. The van der Waals surface area contributed by atoms with E-state index in [0.29, 0.717) is 6.04 Å². The molecule has 114 valence electrons. The maximum atomic E-state index is 10.8. The average Bonchev–Trinajstić information content (AvgIpc) is 2.46. The molecule has 1 aromatic carbocycles. The minimum atomic E-state index is -0.910. The number of hydrogen-bond acceptors (Lipinski definition) is 3. The van der Waals surface area contributed by atoms with Gasteiger partial charge < -0.3 is 10.0 Å². The standard InChI is InChI=1S/C17H24N2O2/c1-4-15-12-19(10-9-18(15)3)16-7-5-13(2)11-14(16)6-8-17(20)21/h5-8,11,15H,4,9-10,12H2,1-3H3,(H,20,21)/b8-6+. The Morgan fingerprint density at radius 1 is 1.43 bits per heavy atom. The van der Waals surface area contributed by atoms with Crippen LogP contribution in [-0.2, 0) is 4.79 Å². The first-order valence-corrected chi connectivity index (χ1v) is 7.48. The molecule has 1 saturated heterocycles. The molecule has 0 radical (unpaired) electrons. The van der Waals surface area contributed by atoms with E-state index in [9.17, 15) is 4.79 Å². The van der Waals surface area contributed by atoms with E-state index in [4.69, 9.17) is 5.11 Å². The van der Waals surface area contributed by atoms with E-state index in [1.807, 2.05) is 13.0 Å². The van der Waals surface area contributed by atoms with E-state index in [-0.39, 0.29) is 0 Å². The predicted octanol–water partition coefficient (Wildman–Crippen LogP) is 2.62. The minimum Gasteiger partial charge on any atom is -0.478 e. The second-order valence-electron chi connectivity index (χ2n) is 5.72. The van der Waals surface area contributed by atoms with E-state index >= 15 is 0 Å². The average molecular weight is 288 g/mol. The summed E-state index contributed by atoms with van der Waals surface area (Å²) < 4.78 is 0. The van der Waals surface area contributed by atoms with Crippen LogP contribution in [0.25, 0.3) is 6.08 Å². The molecule has 4 nitrogen and oxygen atoms in total. The summed E-state index contributed by atoms with van der Waals surface area (Å²) >= 11 is 0. The van der Waals surface area contributed by atoms with Gasteiger partial charge >= 0.3 is 5.97 Å². The number of carbonyl (C=O) groups is 1. The lowest BCUT2D eigenvalue weighted by Gasteiger charge is -2.41. The summed E-state index contributed by atoms with van der Waals surface area (Å²) in [5.74, 6) is -0.910. The summed E-state index contributed by atoms with van der Waals surface area (Å²) in [4.78, 5) is 15.5. The zero-order valence-corrected chi connectivity index (χ0v) is 13.0. The number of carboxylic acids is 1. The quantitative estimate of drug-likeness (QED) is 0.865. The van der Waals surface area contributed by atoms with E-state index in [1.54, 1.807) is 6.08 Å². The van der Waals surface area contributed by atoms with Gasteiger partial charge in [-0.25, -0.2) is 4.79 Å². The lowest BCUT2D eigenvalue weighted by molar-refractivity contribution is -0.131. The SMILES string of the molecule is CCC1CN(c2ccc(C)cc2/C=C/C(=O)O)CCN1C. The molecule has 1 N–H and O–H groups in total. The monoisotopic (exact) mass is 288 g/mol. The molecule has 1 heterocycles. The molecule has 1 aliphatic rings. The maximum absolute atomic E-state index is 10.8. The van der Waals surface area contributed by atoms with Crippen molar-refractivity contribution in [2.24, 2.45) is 0 Å². The largest absolute Gasteiger partial charge is 0.478 e. The fourth-order valence-corrected chi connectivity index (χ4v) is 2.86. The third-order valence-electron chi connectivity index (χ3n) is 4.18. The highest BCUT2D eigenvalue weighted by Crippen LogP contribution is 2.26. The minimum absolute atomic E-state index is 0.552. The van der Waals surface area contributed by atoms with Gasteiger partial charge in [0.2, 0.25) is 0 Å². The maximum Gasteiger partial charge on any atom is 0.328 e. The van der Waals surface area contributed by atoms with Crippen LogP contribution in [0.3, 0.4) is 0 Å². The number of aliphatic carboxylic acids is 1. The van der Waals surface area contributed by atoms with Crippen LogP contribution in [0, 0.1) is 6.92 Å². The number of likely N-dealkylation sites (N-methyl/N-ethyl adjacent to an activating group) is 1. The zero-order valence-electron chi connectivity index (χ0n) is 13.0. The molecule has 1 unspecified atom stereocenters. The van der Waals surface area contributed by atoms with Crippen molar-refractivity contribution < 1.29 is 9.90 Å². The van der Waals surface area contributed by atoms with Gasteiger partial charge in [0.1, 0.15) is 0 Å². The molecule has 1 aromatic rings. The second-order valence-corrected chi connectivity index (χ2v) is 5.72. The van der Waals surface area contributed by atoms with Crippen molar-refractivity contribution in [2.75, 3.05) is 31.6 Å². The highest BCUT2D eigenvalue weighted by Gasteiger charge is 2.23. The van der Waals surface area contributed by atoms with Crippen LogP contribution in [0.2, 0.25) is 0 Å². The van der Waals surface area contributed by atoms with Gasteiger partial charge in [-0.05, 0) is 44.2 Å². The number of carboxylic acid groups (broad SMARTS) is 1. The van der Waals surface area contributed by atoms with Crippen molar-refractivity contribution in [1.82, 2.24) is 4.90 Å². The molecule has 0 aromatic heterocycles. The molecular formula is C17H24N2O2. The normalized spacial score (nSPS) is 20.1. The Balaban J connectivity index is 2.28. The Bertz CT molecular complexity index is 540. The van der Waals surface area contributed by atoms with Crippen LogP contribution < -0.4 is 4.90 Å². The van der Waals surface area contributed by atoms with Crippen molar-refractivity contribution in [3.05, 3.63) is 35.4 Å². The van der Waals surface area contributed by atoms with E-state index in [0.717, 1.165) is 42.9 Å². The molecule has 1 aliphatic heterocycles. The van der Waals surface area contributed by atoms with Gasteiger partial charge in [-0.1, -0.05) is 18.6 Å². The first-order valence-electron chi connectivity index (χ1n) is 7.48. The summed E-state index contributed by atoms with van der Waals surface area (Å²) in [5, 5.41) is 8.85. The third kappa shape index (κ3) is 3.85. The molecule has 0 amide bonds. The lowest BCUT2D eigenvalue weighted by Crippen LogP contribution is -2.51. The molecule has 4 heteroatoms. The number of piperazine rings is 1. The zero-order chi connectivity index (χ0) is 15.4. The summed E-state index contributed by atoms with van der Waals surface area (Å²) in [6.45, 7) is 7.24. The molecule has 0 aliphatic carbocycles. The number of nitrogens with zero attached hydrogens (tertiary/aromatic N) is 2. The van der Waals surface area contributed by atoms with Crippen LogP contribution in [0.1, 0.15) is 24.5 Å². The van der Waals surface area contributed by atoms with Gasteiger partial charge in [0.05, 0.1) is 0 Å². The van der Waals surface area contributed by atoms with Gasteiger partial charge in [-0.15, -0.1) is 0 Å². The highest BCUT2D eigenvalue weighted by molar-refractivity contribution is 5.87. The highest BCUT2D eigenvalue weighted by atomic mass is 16.4. The third-order valence-corrected chi connectivity index (χ3v) is 4.18. The van der Waals surface area contributed by atoms with Gasteiger partial charge in [0.25, 0.3) is 0 Å². The Kier molecular flexibility index (Phi) is 5.02. The number of aryl methyl sites for hydroxylation is 1. The fraction of sp³-hybridized carbons (Fsp3) is 0.471. The number of hydrogen-bond donors (Lipinski definition) is 1. The van der Waals surface area contributed by atoms with E-state index < -0.39 is 5.97 Å². The number of rotatable bonds is 4. The summed E-state index contributed by atoms with van der Waals surface area (Å²) in [6, 6.07) is 6.80. The van der Waals surface area contributed by atoms with Crippen LogP contribution in [0.5, 0.6) is 0 Å². The molecule has 21 heavy (non-hydrogen) atoms. The van der Waals surface area contributed by atoms with Gasteiger partial charge in [0.15, 0.2) is 0 Å². The van der Waals surface area contributed by atoms with Crippen molar-refractivity contribution in [1.29, 1.82) is 0 Å². The summed E-state index contributed by atoms with van der Waals surface area (Å²) in [7, 11) is 2.17. The topological polar surface area (TPSA) is 43.8 Å². The Morgan fingerprint density at radius 3 is 2.86 bits per heavy atom. The predicted molar refractivity (Wildman–Crippen MR) is 86.8 cm³/mol. The van der Waals surface area contributed by atoms with Crippen LogP contribution >= 0.6 is 0 Å². The van der Waals surface area contributed by atoms with Crippen molar-refractivity contribution in [3.63, 3.8) is 0 Å². The van der Waals surface area contributed by atoms with Crippen molar-refractivity contribution >= 4 is 17.7 Å². The molecule has 0 spiro atoms. The molecule has 2 rings (SSSR count). The Labute approximate surface area is 126 Å². The summed E-state index contributed by atoms with van der Waals surface area (Å²) in [6.07, 6.45) is 4.04. The van der Waals surface area contributed by atoms with Crippen LogP contribution in [0.4, 0.5) is 5.69 Å². The van der Waals surface area contributed by atoms with E-state index in [1.165, 1.54) is 6.08 Å². The second kappa shape index (κ2) is 6.76. The van der Waals surface area contributed by atoms with Crippen molar-refractivity contribution in [2.45, 2.75) is 26.3 Å². The number of benzene rings is 1.